The lowest BCUT2D eigenvalue weighted by atomic mass is 9.85. The van der Waals surface area contributed by atoms with E-state index in [9.17, 15) is 9.59 Å². The SMILES string of the molecule is COC(=O)c1cccc2c1C1C(=O)CCC=C1N2. The number of nitrogens with one attached hydrogen (secondary N) is 1. The van der Waals surface area contributed by atoms with Gasteiger partial charge in [-0.05, 0) is 18.6 Å². The summed E-state index contributed by atoms with van der Waals surface area (Å²) in [4.78, 5) is 23.8. The zero-order valence-corrected chi connectivity index (χ0v) is 10.0. The Hall–Kier alpha value is -2.10. The molecule has 0 amide bonds. The number of fused-ring (bicyclic) bond motifs is 3. The summed E-state index contributed by atoms with van der Waals surface area (Å²) in [5.41, 5.74) is 2.98. The van der Waals surface area contributed by atoms with Gasteiger partial charge in [-0.15, -0.1) is 0 Å². The van der Waals surface area contributed by atoms with Crippen LogP contribution in [0.1, 0.15) is 34.7 Å². The molecule has 18 heavy (non-hydrogen) atoms. The first-order chi connectivity index (χ1) is 8.72. The normalized spacial score (nSPS) is 20.6. The van der Waals surface area contributed by atoms with E-state index in [2.05, 4.69) is 5.32 Å². The number of esters is 1. The van der Waals surface area contributed by atoms with Crippen molar-refractivity contribution in [2.75, 3.05) is 12.4 Å². The fourth-order valence-corrected chi connectivity index (χ4v) is 2.67. The van der Waals surface area contributed by atoms with E-state index in [1.807, 2.05) is 12.1 Å². The number of hydrogen-bond donors (Lipinski definition) is 1. The van der Waals surface area contributed by atoms with Crippen LogP contribution >= 0.6 is 0 Å². The monoisotopic (exact) mass is 243 g/mol. The van der Waals surface area contributed by atoms with Gasteiger partial charge in [-0.25, -0.2) is 4.79 Å². The topological polar surface area (TPSA) is 55.4 Å². The second-order valence-electron chi connectivity index (χ2n) is 4.48. The number of benzene rings is 1. The van der Waals surface area contributed by atoms with E-state index in [1.54, 1.807) is 12.1 Å². The van der Waals surface area contributed by atoms with Crippen LogP contribution in [0, 0.1) is 0 Å². The highest BCUT2D eigenvalue weighted by Crippen LogP contribution is 2.43. The molecule has 1 aliphatic heterocycles. The van der Waals surface area contributed by atoms with Crippen LogP contribution in [0.25, 0.3) is 0 Å². The molecule has 0 aromatic heterocycles. The van der Waals surface area contributed by atoms with Gasteiger partial charge in [0.15, 0.2) is 0 Å². The Kier molecular flexibility index (Phi) is 2.44. The van der Waals surface area contributed by atoms with E-state index < -0.39 is 5.97 Å². The van der Waals surface area contributed by atoms with Crippen LogP contribution in [0.4, 0.5) is 5.69 Å². The van der Waals surface area contributed by atoms with Crippen LogP contribution in [-0.2, 0) is 9.53 Å². The Morgan fingerprint density at radius 2 is 2.28 bits per heavy atom. The maximum absolute atomic E-state index is 12.1. The first kappa shape index (κ1) is 11.0. The smallest absolute Gasteiger partial charge is 0.338 e. The summed E-state index contributed by atoms with van der Waals surface area (Å²) in [5.74, 6) is -0.549. The number of Topliss-reactive ketones (excluding diaryl/α,β-unsaturated/α-hetero) is 1. The van der Waals surface area contributed by atoms with Crippen molar-refractivity contribution >= 4 is 17.4 Å². The van der Waals surface area contributed by atoms with Gasteiger partial charge in [0.1, 0.15) is 5.78 Å². The van der Waals surface area contributed by atoms with Gasteiger partial charge in [-0.1, -0.05) is 12.1 Å². The summed E-state index contributed by atoms with van der Waals surface area (Å²) in [5, 5.41) is 3.22. The van der Waals surface area contributed by atoms with Crippen LogP contribution in [0.5, 0.6) is 0 Å². The molecule has 0 spiro atoms. The van der Waals surface area contributed by atoms with Crippen molar-refractivity contribution in [2.45, 2.75) is 18.8 Å². The zero-order valence-electron chi connectivity index (χ0n) is 10.0. The second-order valence-corrected chi connectivity index (χ2v) is 4.48. The highest BCUT2D eigenvalue weighted by Gasteiger charge is 2.37. The van der Waals surface area contributed by atoms with Gasteiger partial charge in [0.2, 0.25) is 0 Å². The quantitative estimate of drug-likeness (QED) is 0.768. The molecule has 0 fully saturated rings. The molecule has 1 aromatic rings. The first-order valence-electron chi connectivity index (χ1n) is 5.93. The largest absolute Gasteiger partial charge is 0.465 e. The van der Waals surface area contributed by atoms with Crippen molar-refractivity contribution in [3.05, 3.63) is 41.1 Å². The Balaban J connectivity index is 2.18. The molecule has 0 radical (unpaired) electrons. The van der Waals surface area contributed by atoms with Crippen LogP contribution in [-0.4, -0.2) is 18.9 Å². The van der Waals surface area contributed by atoms with Crippen LogP contribution in [0.15, 0.2) is 30.0 Å². The predicted molar refractivity (Wildman–Crippen MR) is 66.5 cm³/mol. The highest BCUT2D eigenvalue weighted by molar-refractivity contribution is 6.01. The van der Waals surface area contributed by atoms with E-state index in [0.29, 0.717) is 12.0 Å². The molecule has 1 atom stereocenters. The summed E-state index contributed by atoms with van der Waals surface area (Å²) >= 11 is 0. The van der Waals surface area contributed by atoms with Crippen molar-refractivity contribution in [3.63, 3.8) is 0 Å². The predicted octanol–water partition coefficient (Wildman–Crippen LogP) is 2.23. The molecule has 2 aliphatic rings. The number of carbonyl (C=O) groups is 2. The van der Waals surface area contributed by atoms with Crippen molar-refractivity contribution in [1.29, 1.82) is 0 Å². The maximum Gasteiger partial charge on any atom is 0.338 e. The minimum absolute atomic E-state index is 0.162. The number of allylic oxidation sites excluding steroid dienone is 2. The lowest BCUT2D eigenvalue weighted by molar-refractivity contribution is -0.119. The van der Waals surface area contributed by atoms with E-state index in [1.165, 1.54) is 7.11 Å². The van der Waals surface area contributed by atoms with Crippen molar-refractivity contribution in [2.24, 2.45) is 0 Å². The van der Waals surface area contributed by atoms with Gasteiger partial charge in [0, 0.05) is 23.4 Å². The number of methoxy groups -OCH3 is 1. The molecule has 1 aliphatic carbocycles. The molecule has 1 heterocycles. The number of carbonyl (C=O) groups excluding carboxylic acids is 2. The van der Waals surface area contributed by atoms with Crippen molar-refractivity contribution in [1.82, 2.24) is 0 Å². The van der Waals surface area contributed by atoms with Gasteiger partial charge in [0.05, 0.1) is 18.6 Å². The number of hydrogen-bond acceptors (Lipinski definition) is 4. The summed E-state index contributed by atoms with van der Waals surface area (Å²) in [7, 11) is 1.35. The lowest BCUT2D eigenvalue weighted by Gasteiger charge is -2.17. The van der Waals surface area contributed by atoms with Gasteiger partial charge >= 0.3 is 5.97 Å². The minimum atomic E-state index is -0.395. The minimum Gasteiger partial charge on any atom is -0.465 e. The van der Waals surface area contributed by atoms with Gasteiger partial charge < -0.3 is 10.1 Å². The second kappa shape index (κ2) is 3.98. The Bertz CT molecular complexity index is 574. The number of ether oxygens (including phenoxy) is 1. The van der Waals surface area contributed by atoms with E-state index in [0.717, 1.165) is 23.4 Å². The van der Waals surface area contributed by atoms with Gasteiger partial charge in [-0.2, -0.15) is 0 Å². The number of ketones is 1. The van der Waals surface area contributed by atoms with Crippen LogP contribution in [0.2, 0.25) is 0 Å². The molecule has 4 heteroatoms. The third-order valence-corrected chi connectivity index (χ3v) is 3.47. The third-order valence-electron chi connectivity index (χ3n) is 3.47. The zero-order chi connectivity index (χ0) is 12.7. The molecule has 1 aromatic carbocycles. The lowest BCUT2D eigenvalue weighted by Crippen LogP contribution is -2.18. The van der Waals surface area contributed by atoms with E-state index in [-0.39, 0.29) is 11.7 Å². The molecule has 0 bridgehead atoms. The average molecular weight is 243 g/mol. The Morgan fingerprint density at radius 3 is 3.06 bits per heavy atom. The average Bonchev–Trinajstić information content (AvgIpc) is 2.77. The van der Waals surface area contributed by atoms with Crippen LogP contribution in [0.3, 0.4) is 0 Å². The highest BCUT2D eigenvalue weighted by atomic mass is 16.5. The summed E-state index contributed by atoms with van der Waals surface area (Å²) in [6, 6.07) is 5.38. The molecule has 92 valence electrons. The third kappa shape index (κ3) is 1.45. The molecule has 1 N–H and O–H groups in total. The summed E-state index contributed by atoms with van der Waals surface area (Å²) in [6.45, 7) is 0. The van der Waals surface area contributed by atoms with E-state index >= 15 is 0 Å². The number of anilines is 1. The van der Waals surface area contributed by atoms with Crippen LogP contribution < -0.4 is 5.32 Å². The van der Waals surface area contributed by atoms with Gasteiger partial charge in [0.25, 0.3) is 0 Å². The first-order valence-corrected chi connectivity index (χ1v) is 5.93. The summed E-state index contributed by atoms with van der Waals surface area (Å²) in [6.07, 6.45) is 3.33. The van der Waals surface area contributed by atoms with E-state index in [4.69, 9.17) is 4.74 Å². The molecule has 0 saturated heterocycles. The fourth-order valence-electron chi connectivity index (χ4n) is 2.67. The molecule has 3 rings (SSSR count). The molecule has 1 unspecified atom stereocenters. The van der Waals surface area contributed by atoms with Gasteiger partial charge in [-0.3, -0.25) is 4.79 Å². The molecular weight excluding hydrogens is 230 g/mol. The molecule has 4 nitrogen and oxygen atoms in total. The van der Waals surface area contributed by atoms with Crippen molar-refractivity contribution < 1.29 is 14.3 Å². The Morgan fingerprint density at radius 1 is 1.44 bits per heavy atom. The fraction of sp³-hybridized carbons (Fsp3) is 0.286. The molecular formula is C14H13NO3. The number of rotatable bonds is 1. The van der Waals surface area contributed by atoms with Crippen molar-refractivity contribution in [3.8, 4) is 0 Å². The maximum atomic E-state index is 12.1. The summed E-state index contributed by atoms with van der Waals surface area (Å²) < 4.78 is 4.78. The molecule has 0 saturated carbocycles. The Labute approximate surface area is 105 Å². The standard InChI is InChI=1S/C14H13NO3/c1-18-14(17)8-4-2-5-9-12(8)13-10(15-9)6-3-7-11(13)16/h2,4-6,13,15H,3,7H2,1H3.